The Hall–Kier alpha value is -3.02. The fourth-order valence-electron chi connectivity index (χ4n) is 3.04. The molecular formula is C19H17FN4O. The standard InChI is InChI=1S/C19H17FN4O/c20-14-8-2-1-7-13(14)19(25)23-17-18(24-11-5-6-12-24)22-16-10-4-3-9-15(16)21-17/h1-4,7-10H,5-6,11-12H2,(H,21,23,25). The van der Waals surface area contributed by atoms with Gasteiger partial charge in [-0.15, -0.1) is 0 Å². The summed E-state index contributed by atoms with van der Waals surface area (Å²) < 4.78 is 13.9. The summed E-state index contributed by atoms with van der Waals surface area (Å²) >= 11 is 0. The number of benzene rings is 2. The van der Waals surface area contributed by atoms with E-state index >= 15 is 0 Å². The maximum atomic E-state index is 13.9. The van der Waals surface area contributed by atoms with Gasteiger partial charge in [-0.1, -0.05) is 24.3 Å². The molecule has 25 heavy (non-hydrogen) atoms. The quantitative estimate of drug-likeness (QED) is 0.794. The van der Waals surface area contributed by atoms with E-state index in [1.54, 1.807) is 12.1 Å². The maximum Gasteiger partial charge on any atom is 0.259 e. The molecule has 0 radical (unpaired) electrons. The topological polar surface area (TPSA) is 58.1 Å². The summed E-state index contributed by atoms with van der Waals surface area (Å²) in [6.45, 7) is 1.74. The van der Waals surface area contributed by atoms with Crippen molar-refractivity contribution < 1.29 is 9.18 Å². The zero-order valence-electron chi connectivity index (χ0n) is 13.6. The summed E-state index contributed by atoms with van der Waals surface area (Å²) in [5, 5.41) is 2.74. The third-order valence-electron chi connectivity index (χ3n) is 4.31. The lowest BCUT2D eigenvalue weighted by atomic mass is 10.2. The monoisotopic (exact) mass is 336 g/mol. The van der Waals surface area contributed by atoms with E-state index in [4.69, 9.17) is 0 Å². The highest BCUT2D eigenvalue weighted by Crippen LogP contribution is 2.28. The lowest BCUT2D eigenvalue weighted by Crippen LogP contribution is -2.23. The zero-order chi connectivity index (χ0) is 17.2. The molecule has 0 spiro atoms. The van der Waals surface area contributed by atoms with E-state index in [1.165, 1.54) is 12.1 Å². The summed E-state index contributed by atoms with van der Waals surface area (Å²) in [7, 11) is 0. The van der Waals surface area contributed by atoms with Gasteiger partial charge in [-0.05, 0) is 37.1 Å². The van der Waals surface area contributed by atoms with Crippen LogP contribution in [0.25, 0.3) is 11.0 Å². The predicted octanol–water partition coefficient (Wildman–Crippen LogP) is 3.62. The van der Waals surface area contributed by atoms with Gasteiger partial charge in [0.05, 0.1) is 16.6 Å². The van der Waals surface area contributed by atoms with Gasteiger partial charge in [0, 0.05) is 13.1 Å². The number of nitrogens with one attached hydrogen (secondary N) is 1. The Morgan fingerprint density at radius 3 is 2.32 bits per heavy atom. The van der Waals surface area contributed by atoms with Gasteiger partial charge in [-0.2, -0.15) is 0 Å². The van der Waals surface area contributed by atoms with Crippen molar-refractivity contribution in [2.24, 2.45) is 0 Å². The fraction of sp³-hybridized carbons (Fsp3) is 0.211. The molecular weight excluding hydrogens is 319 g/mol. The first kappa shape index (κ1) is 15.5. The van der Waals surface area contributed by atoms with Crippen molar-refractivity contribution in [3.05, 3.63) is 59.9 Å². The van der Waals surface area contributed by atoms with Crippen LogP contribution >= 0.6 is 0 Å². The van der Waals surface area contributed by atoms with E-state index in [-0.39, 0.29) is 5.56 Å². The molecule has 4 rings (SSSR count). The van der Waals surface area contributed by atoms with Crippen LogP contribution in [0.5, 0.6) is 0 Å². The highest BCUT2D eigenvalue weighted by atomic mass is 19.1. The number of halogens is 1. The number of carbonyl (C=O) groups is 1. The van der Waals surface area contributed by atoms with Crippen LogP contribution in [-0.4, -0.2) is 29.0 Å². The molecule has 1 aliphatic rings. The largest absolute Gasteiger partial charge is 0.354 e. The fourth-order valence-corrected chi connectivity index (χ4v) is 3.04. The zero-order valence-corrected chi connectivity index (χ0v) is 13.6. The Labute approximate surface area is 144 Å². The van der Waals surface area contributed by atoms with Crippen molar-refractivity contribution in [2.75, 3.05) is 23.3 Å². The molecule has 126 valence electrons. The Morgan fingerprint density at radius 1 is 0.960 bits per heavy atom. The summed E-state index contributed by atoms with van der Waals surface area (Å²) in [6.07, 6.45) is 2.16. The third-order valence-corrected chi connectivity index (χ3v) is 4.31. The molecule has 5 nitrogen and oxygen atoms in total. The van der Waals surface area contributed by atoms with Gasteiger partial charge in [-0.25, -0.2) is 14.4 Å². The minimum absolute atomic E-state index is 0.00942. The maximum absolute atomic E-state index is 13.9. The van der Waals surface area contributed by atoms with Gasteiger partial charge in [0.25, 0.3) is 5.91 Å². The van der Waals surface area contributed by atoms with Crippen LogP contribution in [0.2, 0.25) is 0 Å². The van der Waals surface area contributed by atoms with Gasteiger partial charge in [0.1, 0.15) is 5.82 Å². The summed E-state index contributed by atoms with van der Waals surface area (Å²) in [5.41, 5.74) is 1.45. The Kier molecular flexibility index (Phi) is 4.01. The average molecular weight is 336 g/mol. The van der Waals surface area contributed by atoms with Crippen LogP contribution < -0.4 is 10.2 Å². The highest BCUT2D eigenvalue weighted by Gasteiger charge is 2.21. The molecule has 0 saturated carbocycles. The molecule has 1 saturated heterocycles. The molecule has 0 atom stereocenters. The van der Waals surface area contributed by atoms with E-state index in [1.807, 2.05) is 24.3 Å². The number of aromatic nitrogens is 2. The Balaban J connectivity index is 1.75. The first-order chi connectivity index (χ1) is 12.2. The minimum atomic E-state index is -0.559. The van der Waals surface area contributed by atoms with Crippen LogP contribution in [0, 0.1) is 5.82 Å². The lowest BCUT2D eigenvalue weighted by molar-refractivity contribution is 0.102. The molecule has 1 aromatic heterocycles. The molecule has 1 N–H and O–H groups in total. The number of para-hydroxylation sites is 2. The van der Waals surface area contributed by atoms with E-state index < -0.39 is 11.7 Å². The van der Waals surface area contributed by atoms with Crippen LogP contribution in [-0.2, 0) is 0 Å². The number of anilines is 2. The number of rotatable bonds is 3. The van der Waals surface area contributed by atoms with Crippen LogP contribution in [0.15, 0.2) is 48.5 Å². The second-order valence-electron chi connectivity index (χ2n) is 6.01. The number of hydrogen-bond acceptors (Lipinski definition) is 4. The SMILES string of the molecule is O=C(Nc1nc2ccccc2nc1N1CCCC1)c1ccccc1F. The van der Waals surface area contributed by atoms with Gasteiger partial charge in [0.15, 0.2) is 11.6 Å². The Morgan fingerprint density at radius 2 is 1.60 bits per heavy atom. The van der Waals surface area contributed by atoms with E-state index in [9.17, 15) is 9.18 Å². The number of fused-ring (bicyclic) bond motifs is 1. The molecule has 2 aromatic carbocycles. The van der Waals surface area contributed by atoms with Gasteiger partial charge < -0.3 is 10.2 Å². The van der Waals surface area contributed by atoms with Crippen molar-refractivity contribution in [2.45, 2.75) is 12.8 Å². The average Bonchev–Trinajstić information content (AvgIpc) is 3.16. The van der Waals surface area contributed by atoms with Crippen molar-refractivity contribution >= 4 is 28.6 Å². The molecule has 1 amide bonds. The number of amides is 1. The summed E-state index contributed by atoms with van der Waals surface area (Å²) in [4.78, 5) is 23.8. The van der Waals surface area contributed by atoms with Gasteiger partial charge in [0.2, 0.25) is 0 Å². The van der Waals surface area contributed by atoms with E-state index in [2.05, 4.69) is 20.2 Å². The van der Waals surface area contributed by atoms with Gasteiger partial charge in [-0.3, -0.25) is 4.79 Å². The summed E-state index contributed by atoms with van der Waals surface area (Å²) in [5.74, 6) is -0.0747. The third kappa shape index (κ3) is 3.03. The van der Waals surface area contributed by atoms with Crippen molar-refractivity contribution in [1.82, 2.24) is 9.97 Å². The first-order valence-electron chi connectivity index (χ1n) is 8.30. The smallest absolute Gasteiger partial charge is 0.259 e. The predicted molar refractivity (Wildman–Crippen MR) is 95.3 cm³/mol. The first-order valence-corrected chi connectivity index (χ1v) is 8.30. The Bertz CT molecular complexity index is 938. The van der Waals surface area contributed by atoms with Crippen molar-refractivity contribution in [1.29, 1.82) is 0 Å². The van der Waals surface area contributed by atoms with E-state index in [0.717, 1.165) is 31.4 Å². The number of carbonyl (C=O) groups excluding carboxylic acids is 1. The molecule has 6 heteroatoms. The van der Waals surface area contributed by atoms with Crippen LogP contribution in [0.3, 0.4) is 0 Å². The summed E-state index contributed by atoms with van der Waals surface area (Å²) in [6, 6.07) is 13.4. The minimum Gasteiger partial charge on any atom is -0.354 e. The normalized spacial score (nSPS) is 14.0. The second kappa shape index (κ2) is 6.47. The van der Waals surface area contributed by atoms with Gasteiger partial charge >= 0.3 is 0 Å². The molecule has 2 heterocycles. The number of hydrogen-bond donors (Lipinski definition) is 1. The molecule has 0 unspecified atom stereocenters. The second-order valence-corrected chi connectivity index (χ2v) is 6.01. The van der Waals surface area contributed by atoms with Crippen LogP contribution in [0.4, 0.5) is 16.0 Å². The van der Waals surface area contributed by atoms with Crippen molar-refractivity contribution in [3.8, 4) is 0 Å². The van der Waals surface area contributed by atoms with Crippen molar-refractivity contribution in [3.63, 3.8) is 0 Å². The highest BCUT2D eigenvalue weighted by molar-refractivity contribution is 6.05. The van der Waals surface area contributed by atoms with E-state index in [0.29, 0.717) is 17.2 Å². The molecule has 0 bridgehead atoms. The molecule has 1 aliphatic heterocycles. The van der Waals surface area contributed by atoms with Crippen LogP contribution in [0.1, 0.15) is 23.2 Å². The molecule has 3 aromatic rings. The lowest BCUT2D eigenvalue weighted by Gasteiger charge is -2.20. The molecule has 0 aliphatic carbocycles. The number of nitrogens with zero attached hydrogens (tertiary/aromatic N) is 3. The molecule has 1 fully saturated rings.